The van der Waals surface area contributed by atoms with Crippen molar-refractivity contribution < 1.29 is 23.5 Å². The van der Waals surface area contributed by atoms with Crippen molar-refractivity contribution in [1.82, 2.24) is 14.1 Å². The Balaban J connectivity index is 1.72. The standard InChI is InChI=1S/C25H20Cl2N4O5S2/c26-18-13-17(24(32)28-21(25(33)34)12-16-9-5-2-6-10-16)22(14-19(18)27)31(38(35)36)23-20(29-37-30-23)11-15-7-3-1-4-8-15/h1-10,13-14,21H,11-12H2,(H,28,32)(H,33,34)(H,35,36)/p-1. The lowest BCUT2D eigenvalue weighted by molar-refractivity contribution is -0.139. The van der Waals surface area contributed by atoms with Crippen LogP contribution in [0.2, 0.25) is 10.0 Å². The molecule has 0 spiro atoms. The molecule has 2 N–H and O–H groups in total. The van der Waals surface area contributed by atoms with Gasteiger partial charge in [0.15, 0.2) is 5.82 Å². The summed E-state index contributed by atoms with van der Waals surface area (Å²) in [7, 11) is 0. The van der Waals surface area contributed by atoms with Crippen molar-refractivity contribution in [3.63, 3.8) is 0 Å². The normalized spacial score (nSPS) is 12.5. The van der Waals surface area contributed by atoms with Crippen molar-refractivity contribution in [3.05, 3.63) is 105 Å². The molecule has 0 saturated carbocycles. The summed E-state index contributed by atoms with van der Waals surface area (Å²) >= 11 is 10.2. The van der Waals surface area contributed by atoms with E-state index in [0.29, 0.717) is 11.3 Å². The lowest BCUT2D eigenvalue weighted by Crippen LogP contribution is -2.42. The summed E-state index contributed by atoms with van der Waals surface area (Å²) < 4.78 is 34.2. The molecule has 0 fully saturated rings. The van der Waals surface area contributed by atoms with Gasteiger partial charge in [0.1, 0.15) is 11.7 Å². The van der Waals surface area contributed by atoms with Gasteiger partial charge < -0.3 is 15.0 Å². The largest absolute Gasteiger partial charge is 0.755 e. The molecule has 0 bridgehead atoms. The van der Waals surface area contributed by atoms with E-state index >= 15 is 0 Å². The number of carboxylic acid groups (broad SMARTS) is 1. The minimum atomic E-state index is -2.96. The Morgan fingerprint density at radius 3 is 2.21 bits per heavy atom. The van der Waals surface area contributed by atoms with Crippen LogP contribution in [-0.4, -0.2) is 40.5 Å². The van der Waals surface area contributed by atoms with E-state index in [4.69, 9.17) is 23.2 Å². The van der Waals surface area contributed by atoms with Crippen LogP contribution < -0.4 is 9.62 Å². The van der Waals surface area contributed by atoms with Crippen molar-refractivity contribution in [2.24, 2.45) is 0 Å². The SMILES string of the molecule is O=C(NC(Cc1ccccc1)C(=O)O)c1cc(Cl)c(Cl)cc1N(c1nsnc1Cc1ccccc1)S(=O)[O-]. The van der Waals surface area contributed by atoms with Crippen LogP contribution in [0.1, 0.15) is 27.2 Å². The molecule has 0 saturated heterocycles. The quantitative estimate of drug-likeness (QED) is 0.254. The molecule has 196 valence electrons. The van der Waals surface area contributed by atoms with Crippen molar-refractivity contribution in [1.29, 1.82) is 0 Å². The minimum Gasteiger partial charge on any atom is -0.755 e. The van der Waals surface area contributed by atoms with Gasteiger partial charge in [-0.1, -0.05) is 83.9 Å². The van der Waals surface area contributed by atoms with Gasteiger partial charge >= 0.3 is 5.97 Å². The third-order valence-electron chi connectivity index (χ3n) is 5.48. The first-order chi connectivity index (χ1) is 18.2. The number of anilines is 2. The van der Waals surface area contributed by atoms with Gasteiger partial charge in [-0.25, -0.2) is 4.79 Å². The minimum absolute atomic E-state index is 0.00694. The van der Waals surface area contributed by atoms with E-state index in [1.54, 1.807) is 30.3 Å². The number of halogens is 2. The molecular formula is C25H19Cl2N4O5S2-. The highest BCUT2D eigenvalue weighted by atomic mass is 35.5. The van der Waals surface area contributed by atoms with Crippen LogP contribution in [-0.2, 0) is 28.9 Å². The van der Waals surface area contributed by atoms with Crippen LogP contribution in [0.3, 0.4) is 0 Å². The highest BCUT2D eigenvalue weighted by Gasteiger charge is 2.28. The van der Waals surface area contributed by atoms with Gasteiger partial charge in [-0.3, -0.25) is 13.3 Å². The van der Waals surface area contributed by atoms with Gasteiger partial charge in [-0.2, -0.15) is 8.75 Å². The summed E-state index contributed by atoms with van der Waals surface area (Å²) in [5.41, 5.74) is 1.55. The third kappa shape index (κ3) is 6.55. The first kappa shape index (κ1) is 27.7. The van der Waals surface area contributed by atoms with E-state index in [0.717, 1.165) is 21.6 Å². The molecule has 1 amide bonds. The van der Waals surface area contributed by atoms with Crippen molar-refractivity contribution in [2.45, 2.75) is 18.9 Å². The number of nitrogens with one attached hydrogen (secondary N) is 1. The predicted octanol–water partition coefficient (Wildman–Crippen LogP) is 4.79. The van der Waals surface area contributed by atoms with Crippen LogP contribution in [0.15, 0.2) is 72.8 Å². The maximum atomic E-state index is 13.4. The number of carboxylic acids is 1. The number of amides is 1. The molecule has 0 radical (unpaired) electrons. The fraction of sp³-hybridized carbons (Fsp3) is 0.120. The smallest absolute Gasteiger partial charge is 0.326 e. The Kier molecular flexibility index (Phi) is 9.08. The van der Waals surface area contributed by atoms with Gasteiger partial charge in [0.25, 0.3) is 5.91 Å². The van der Waals surface area contributed by atoms with Crippen LogP contribution >= 0.6 is 34.9 Å². The lowest BCUT2D eigenvalue weighted by Gasteiger charge is -2.27. The molecule has 3 aromatic carbocycles. The highest BCUT2D eigenvalue weighted by molar-refractivity contribution is 7.81. The summed E-state index contributed by atoms with van der Waals surface area (Å²) in [6.07, 6.45) is 0.286. The Morgan fingerprint density at radius 2 is 1.61 bits per heavy atom. The van der Waals surface area contributed by atoms with Crippen molar-refractivity contribution in [2.75, 3.05) is 4.31 Å². The highest BCUT2D eigenvalue weighted by Crippen LogP contribution is 2.37. The summed E-state index contributed by atoms with van der Waals surface area (Å²) in [5, 5.41) is 12.2. The van der Waals surface area contributed by atoms with Crippen LogP contribution in [0, 0.1) is 0 Å². The zero-order chi connectivity index (χ0) is 27.2. The topological polar surface area (TPSA) is 136 Å². The Labute approximate surface area is 234 Å². The number of rotatable bonds is 10. The second-order valence-electron chi connectivity index (χ2n) is 8.05. The number of carbonyl (C=O) groups is 2. The molecule has 4 aromatic rings. The number of nitrogens with zero attached hydrogens (tertiary/aromatic N) is 3. The molecule has 1 heterocycles. The van der Waals surface area contributed by atoms with Crippen molar-refractivity contribution in [3.8, 4) is 0 Å². The fourth-order valence-electron chi connectivity index (χ4n) is 3.69. The van der Waals surface area contributed by atoms with Gasteiger partial charge in [0, 0.05) is 12.8 Å². The lowest BCUT2D eigenvalue weighted by atomic mass is 10.0. The van der Waals surface area contributed by atoms with Gasteiger partial charge in [0.2, 0.25) is 0 Å². The molecule has 13 heteroatoms. The number of aromatic nitrogens is 2. The monoisotopic (exact) mass is 589 g/mol. The van der Waals surface area contributed by atoms with E-state index in [9.17, 15) is 23.5 Å². The second kappa shape index (κ2) is 12.5. The van der Waals surface area contributed by atoms with E-state index in [1.807, 2.05) is 30.3 Å². The molecule has 0 aliphatic rings. The van der Waals surface area contributed by atoms with E-state index < -0.39 is 29.2 Å². The van der Waals surface area contributed by atoms with Crippen LogP contribution in [0.5, 0.6) is 0 Å². The second-order valence-corrected chi connectivity index (χ2v) is 10.2. The third-order valence-corrected chi connectivity index (χ3v) is 7.43. The first-order valence-corrected chi connectivity index (χ1v) is 13.6. The number of aliphatic carboxylic acids is 1. The number of hydrogen-bond acceptors (Lipinski definition) is 7. The van der Waals surface area contributed by atoms with E-state index in [-0.39, 0.29) is 40.0 Å². The van der Waals surface area contributed by atoms with Crippen LogP contribution in [0.25, 0.3) is 0 Å². The fourth-order valence-corrected chi connectivity index (χ4v) is 5.22. The number of benzene rings is 3. The molecule has 0 aliphatic heterocycles. The zero-order valence-corrected chi connectivity index (χ0v) is 22.6. The summed E-state index contributed by atoms with van der Waals surface area (Å²) in [4.78, 5) is 25.3. The Morgan fingerprint density at radius 1 is 1.00 bits per heavy atom. The maximum Gasteiger partial charge on any atom is 0.326 e. The average Bonchev–Trinajstić information content (AvgIpc) is 3.34. The molecule has 0 aliphatic carbocycles. The van der Waals surface area contributed by atoms with Gasteiger partial charge in [-0.05, 0) is 23.3 Å². The molecule has 2 unspecified atom stereocenters. The molecular weight excluding hydrogens is 571 g/mol. The molecule has 4 rings (SSSR count). The zero-order valence-electron chi connectivity index (χ0n) is 19.4. The summed E-state index contributed by atoms with van der Waals surface area (Å²) in [6, 6.07) is 19.1. The van der Waals surface area contributed by atoms with Crippen molar-refractivity contribution >= 4 is 69.6 Å². The molecule has 38 heavy (non-hydrogen) atoms. The Bertz CT molecular complexity index is 1470. The maximum absolute atomic E-state index is 13.4. The summed E-state index contributed by atoms with van der Waals surface area (Å²) in [6.45, 7) is 0. The average molecular weight is 590 g/mol. The predicted molar refractivity (Wildman–Crippen MR) is 146 cm³/mol. The number of carbonyl (C=O) groups excluding carboxylic acids is 1. The van der Waals surface area contributed by atoms with Gasteiger partial charge in [0.05, 0.1) is 44.3 Å². The van der Waals surface area contributed by atoms with Crippen LogP contribution in [0.4, 0.5) is 11.5 Å². The molecule has 2 atom stereocenters. The van der Waals surface area contributed by atoms with E-state index in [2.05, 4.69) is 14.1 Å². The van der Waals surface area contributed by atoms with Gasteiger partial charge in [-0.15, -0.1) is 0 Å². The number of hydrogen-bond donors (Lipinski definition) is 2. The Hall–Kier alpha value is -3.35. The molecule has 1 aromatic heterocycles. The summed E-state index contributed by atoms with van der Waals surface area (Å²) in [5.74, 6) is -2.13. The first-order valence-electron chi connectivity index (χ1n) is 11.1. The molecule has 9 nitrogen and oxygen atoms in total. The van der Waals surface area contributed by atoms with E-state index in [1.165, 1.54) is 12.1 Å².